The largest absolute Gasteiger partial charge is 0.207 e. The summed E-state index contributed by atoms with van der Waals surface area (Å²) in [5, 5.41) is 0. The molecule has 0 fully saturated rings. The maximum atomic E-state index is 13.1. The van der Waals surface area contributed by atoms with Crippen LogP contribution in [-0.2, 0) is 5.41 Å². The molecule has 0 N–H and O–H groups in total. The summed E-state index contributed by atoms with van der Waals surface area (Å²) in [5.41, 5.74) is 2.41. The summed E-state index contributed by atoms with van der Waals surface area (Å²) in [5.74, 6) is -0.130. The van der Waals surface area contributed by atoms with Crippen molar-refractivity contribution < 1.29 is 4.39 Å². The maximum absolute atomic E-state index is 13.1. The Kier molecular flexibility index (Phi) is 10.9. The summed E-state index contributed by atoms with van der Waals surface area (Å²) >= 11 is 0. The van der Waals surface area contributed by atoms with E-state index < -0.39 is 0 Å². The minimum Gasteiger partial charge on any atom is -0.207 e. The van der Waals surface area contributed by atoms with Crippen molar-refractivity contribution in [2.24, 2.45) is 0 Å². The predicted octanol–water partition coefficient (Wildman–Crippen LogP) is 6.26. The zero-order chi connectivity index (χ0) is 14.8. The molecule has 0 aromatic heterocycles. The SMILES string of the molecule is CC.CC.CCCC(C)(C)c1cc(F)ccc1C. The summed E-state index contributed by atoms with van der Waals surface area (Å²) in [6.07, 6.45) is 2.22. The maximum Gasteiger partial charge on any atom is 0.123 e. The van der Waals surface area contributed by atoms with Gasteiger partial charge in [0.2, 0.25) is 0 Å². The van der Waals surface area contributed by atoms with Crippen molar-refractivity contribution in [1.82, 2.24) is 0 Å². The van der Waals surface area contributed by atoms with E-state index in [1.54, 1.807) is 6.07 Å². The van der Waals surface area contributed by atoms with Gasteiger partial charge in [-0.3, -0.25) is 0 Å². The molecule has 0 saturated heterocycles. The van der Waals surface area contributed by atoms with Gasteiger partial charge in [-0.2, -0.15) is 0 Å². The minimum absolute atomic E-state index is 0.0843. The molecule has 18 heavy (non-hydrogen) atoms. The topological polar surface area (TPSA) is 0 Å². The van der Waals surface area contributed by atoms with E-state index in [0.29, 0.717) is 0 Å². The lowest BCUT2D eigenvalue weighted by molar-refractivity contribution is 0.466. The summed E-state index contributed by atoms with van der Waals surface area (Å²) in [7, 11) is 0. The van der Waals surface area contributed by atoms with Crippen LogP contribution in [0.4, 0.5) is 4.39 Å². The Morgan fingerprint density at radius 1 is 1.06 bits per heavy atom. The average molecular weight is 254 g/mol. The molecule has 1 aromatic rings. The summed E-state index contributed by atoms with van der Waals surface area (Å²) in [4.78, 5) is 0. The van der Waals surface area contributed by atoms with Crippen molar-refractivity contribution in [3.8, 4) is 0 Å². The number of halogens is 1. The quantitative estimate of drug-likeness (QED) is 0.597. The van der Waals surface area contributed by atoms with Gasteiger partial charge in [0.05, 0.1) is 0 Å². The molecule has 0 aliphatic rings. The summed E-state index contributed by atoms with van der Waals surface area (Å²) in [6.45, 7) is 16.6. The van der Waals surface area contributed by atoms with E-state index in [9.17, 15) is 4.39 Å². The molecule has 1 aromatic carbocycles. The van der Waals surface area contributed by atoms with E-state index in [-0.39, 0.29) is 11.2 Å². The lowest BCUT2D eigenvalue weighted by Crippen LogP contribution is -2.18. The third kappa shape index (κ3) is 6.18. The van der Waals surface area contributed by atoms with Gasteiger partial charge in [-0.05, 0) is 42.0 Å². The van der Waals surface area contributed by atoms with Gasteiger partial charge < -0.3 is 0 Å². The molecule has 0 atom stereocenters. The molecule has 1 rings (SSSR count). The third-order valence-corrected chi connectivity index (χ3v) is 2.80. The van der Waals surface area contributed by atoms with E-state index in [4.69, 9.17) is 0 Å². The van der Waals surface area contributed by atoms with Crippen LogP contribution >= 0.6 is 0 Å². The fourth-order valence-corrected chi connectivity index (χ4v) is 2.08. The Labute approximate surface area is 114 Å². The van der Waals surface area contributed by atoms with Crippen LogP contribution in [0.3, 0.4) is 0 Å². The van der Waals surface area contributed by atoms with Gasteiger partial charge in [-0.1, -0.05) is 61.0 Å². The van der Waals surface area contributed by atoms with E-state index in [2.05, 4.69) is 20.8 Å². The molecule has 0 radical (unpaired) electrons. The second-order valence-electron chi connectivity index (χ2n) is 4.59. The molecule has 0 heterocycles. The standard InChI is InChI=1S/C13H19F.2C2H6/c1-5-8-13(3,4)12-9-11(14)7-6-10(12)2;2*1-2/h6-7,9H,5,8H2,1-4H3;2*1-2H3. The van der Waals surface area contributed by atoms with Gasteiger partial charge in [-0.25, -0.2) is 4.39 Å². The number of aryl methyl sites for hydroxylation is 1. The lowest BCUT2D eigenvalue weighted by atomic mass is 9.78. The van der Waals surface area contributed by atoms with Gasteiger partial charge in [-0.15, -0.1) is 0 Å². The zero-order valence-electron chi connectivity index (χ0n) is 13.5. The molecule has 0 aliphatic carbocycles. The number of hydrogen-bond acceptors (Lipinski definition) is 0. The van der Waals surface area contributed by atoms with Crippen LogP contribution in [-0.4, -0.2) is 0 Å². The van der Waals surface area contributed by atoms with Crippen molar-refractivity contribution in [3.63, 3.8) is 0 Å². The number of hydrogen-bond donors (Lipinski definition) is 0. The first kappa shape index (κ1) is 19.5. The Morgan fingerprint density at radius 3 is 2.00 bits per heavy atom. The highest BCUT2D eigenvalue weighted by Crippen LogP contribution is 2.31. The minimum atomic E-state index is -0.130. The van der Waals surface area contributed by atoms with Crippen LogP contribution in [0.5, 0.6) is 0 Å². The molecular weight excluding hydrogens is 223 g/mol. The molecule has 0 saturated carbocycles. The Morgan fingerprint density at radius 2 is 1.56 bits per heavy atom. The molecule has 0 amide bonds. The van der Waals surface area contributed by atoms with Gasteiger partial charge in [0.1, 0.15) is 5.82 Å². The highest BCUT2D eigenvalue weighted by atomic mass is 19.1. The van der Waals surface area contributed by atoms with E-state index in [1.165, 1.54) is 11.6 Å². The van der Waals surface area contributed by atoms with Crippen molar-refractivity contribution in [2.45, 2.75) is 73.6 Å². The van der Waals surface area contributed by atoms with Gasteiger partial charge >= 0.3 is 0 Å². The predicted molar refractivity (Wildman–Crippen MR) is 81.8 cm³/mol. The highest BCUT2D eigenvalue weighted by Gasteiger charge is 2.21. The molecule has 106 valence electrons. The van der Waals surface area contributed by atoms with Crippen LogP contribution in [0, 0.1) is 12.7 Å². The second-order valence-corrected chi connectivity index (χ2v) is 4.59. The normalized spacial score (nSPS) is 9.83. The Hall–Kier alpha value is -0.850. The molecule has 0 aliphatic heterocycles. The van der Waals surface area contributed by atoms with Gasteiger partial charge in [0, 0.05) is 0 Å². The van der Waals surface area contributed by atoms with Crippen LogP contribution in [0.15, 0.2) is 18.2 Å². The van der Waals surface area contributed by atoms with Crippen LogP contribution in [0.25, 0.3) is 0 Å². The van der Waals surface area contributed by atoms with Crippen molar-refractivity contribution in [3.05, 3.63) is 35.1 Å². The Balaban J connectivity index is 0. The molecule has 0 unspecified atom stereocenters. The van der Waals surface area contributed by atoms with Crippen LogP contribution in [0.2, 0.25) is 0 Å². The number of rotatable bonds is 3. The van der Waals surface area contributed by atoms with Crippen molar-refractivity contribution in [1.29, 1.82) is 0 Å². The third-order valence-electron chi connectivity index (χ3n) is 2.80. The fraction of sp³-hybridized carbons (Fsp3) is 0.647. The molecule has 0 spiro atoms. The van der Waals surface area contributed by atoms with Crippen molar-refractivity contribution in [2.75, 3.05) is 0 Å². The number of benzene rings is 1. The second kappa shape index (κ2) is 10.1. The fourth-order valence-electron chi connectivity index (χ4n) is 2.08. The first-order valence-electron chi connectivity index (χ1n) is 7.24. The first-order valence-corrected chi connectivity index (χ1v) is 7.24. The highest BCUT2D eigenvalue weighted by molar-refractivity contribution is 5.32. The lowest BCUT2D eigenvalue weighted by Gasteiger charge is -2.26. The summed E-state index contributed by atoms with van der Waals surface area (Å²) < 4.78 is 13.1. The zero-order valence-corrected chi connectivity index (χ0v) is 13.5. The molecule has 0 nitrogen and oxygen atoms in total. The van der Waals surface area contributed by atoms with Gasteiger partial charge in [0.15, 0.2) is 0 Å². The van der Waals surface area contributed by atoms with Crippen molar-refractivity contribution >= 4 is 0 Å². The smallest absolute Gasteiger partial charge is 0.123 e. The first-order chi connectivity index (χ1) is 8.47. The van der Waals surface area contributed by atoms with Crippen LogP contribution < -0.4 is 0 Å². The van der Waals surface area contributed by atoms with Crippen LogP contribution in [0.1, 0.15) is 72.4 Å². The molecule has 0 bridgehead atoms. The monoisotopic (exact) mass is 254 g/mol. The average Bonchev–Trinajstić information content (AvgIpc) is 2.37. The summed E-state index contributed by atoms with van der Waals surface area (Å²) in [6, 6.07) is 5.06. The van der Waals surface area contributed by atoms with E-state index in [0.717, 1.165) is 18.4 Å². The van der Waals surface area contributed by atoms with E-state index >= 15 is 0 Å². The molecular formula is C17H31F. The van der Waals surface area contributed by atoms with Gasteiger partial charge in [0.25, 0.3) is 0 Å². The van der Waals surface area contributed by atoms with E-state index in [1.807, 2.05) is 40.7 Å². The molecule has 1 heteroatoms. The Bertz CT molecular complexity index is 313.